The van der Waals surface area contributed by atoms with Crippen LogP contribution in [0.4, 0.5) is 0 Å². The van der Waals surface area contributed by atoms with Gasteiger partial charge in [-0.3, -0.25) is 0 Å². The first-order valence-corrected chi connectivity index (χ1v) is 5.55. The largest absolute Gasteiger partial charge is 0.307 e. The highest BCUT2D eigenvalue weighted by Gasteiger charge is 2.23. The van der Waals surface area contributed by atoms with Crippen molar-refractivity contribution < 1.29 is 0 Å². The van der Waals surface area contributed by atoms with E-state index in [1.165, 1.54) is 37.8 Å². The van der Waals surface area contributed by atoms with Crippen molar-refractivity contribution in [1.29, 1.82) is 0 Å². The Morgan fingerprint density at radius 3 is 2.31 bits per heavy atom. The molecule has 2 aliphatic carbocycles. The first-order valence-electron chi connectivity index (χ1n) is 5.55. The number of hydrogen-bond acceptors (Lipinski definition) is 2. The van der Waals surface area contributed by atoms with E-state index in [0.29, 0.717) is 6.04 Å². The fraction of sp³-hybridized carbons (Fsp3) is 0.909. The van der Waals surface area contributed by atoms with E-state index in [9.17, 15) is 0 Å². The van der Waals surface area contributed by atoms with Gasteiger partial charge in [-0.1, -0.05) is 13.8 Å². The van der Waals surface area contributed by atoms with Crippen LogP contribution in [0.2, 0.25) is 0 Å². The maximum Gasteiger partial charge on any atom is 0.0441 e. The van der Waals surface area contributed by atoms with Gasteiger partial charge in [0.25, 0.3) is 0 Å². The monoisotopic (exact) mass is 180 g/mol. The third-order valence-corrected chi connectivity index (χ3v) is 2.96. The lowest BCUT2D eigenvalue weighted by molar-refractivity contribution is 0.397. The van der Waals surface area contributed by atoms with Crippen LogP contribution in [-0.2, 0) is 0 Å². The molecule has 2 heteroatoms. The van der Waals surface area contributed by atoms with Crippen molar-refractivity contribution in [1.82, 2.24) is 5.43 Å². The van der Waals surface area contributed by atoms with E-state index in [4.69, 9.17) is 0 Å². The highest BCUT2D eigenvalue weighted by Crippen LogP contribution is 2.27. The maximum atomic E-state index is 4.51. The minimum Gasteiger partial charge on any atom is -0.307 e. The summed E-state index contributed by atoms with van der Waals surface area (Å²) in [5.74, 6) is 1.67. The van der Waals surface area contributed by atoms with Crippen molar-refractivity contribution >= 4 is 5.71 Å². The molecule has 0 heterocycles. The molecule has 0 saturated heterocycles. The van der Waals surface area contributed by atoms with Crippen molar-refractivity contribution in [3.05, 3.63) is 0 Å². The Morgan fingerprint density at radius 2 is 1.77 bits per heavy atom. The first-order chi connectivity index (χ1) is 6.24. The van der Waals surface area contributed by atoms with E-state index in [0.717, 1.165) is 11.8 Å². The molecule has 2 nitrogen and oxygen atoms in total. The summed E-state index contributed by atoms with van der Waals surface area (Å²) in [4.78, 5) is 0. The molecule has 2 rings (SSSR count). The second-order valence-corrected chi connectivity index (χ2v) is 4.94. The Balaban J connectivity index is 1.85. The van der Waals surface area contributed by atoms with E-state index < -0.39 is 0 Å². The zero-order chi connectivity index (χ0) is 9.26. The molecule has 2 atom stereocenters. The third-order valence-electron chi connectivity index (χ3n) is 2.96. The molecule has 2 fully saturated rings. The highest BCUT2D eigenvalue weighted by atomic mass is 15.3. The van der Waals surface area contributed by atoms with Crippen LogP contribution in [0.25, 0.3) is 0 Å². The molecule has 74 valence electrons. The molecule has 1 N–H and O–H groups in total. The zero-order valence-corrected chi connectivity index (χ0v) is 8.71. The summed E-state index contributed by atoms with van der Waals surface area (Å²) < 4.78 is 0. The van der Waals surface area contributed by atoms with Gasteiger partial charge >= 0.3 is 0 Å². The number of hydrogen-bond donors (Lipinski definition) is 1. The predicted octanol–water partition coefficient (Wildman–Crippen LogP) is 2.55. The smallest absolute Gasteiger partial charge is 0.0441 e. The van der Waals surface area contributed by atoms with Gasteiger partial charge in [0, 0.05) is 11.8 Å². The number of rotatable bonds is 2. The molecule has 2 unspecified atom stereocenters. The number of nitrogens with zero attached hydrogens (tertiary/aromatic N) is 1. The lowest BCUT2D eigenvalue weighted by atomic mass is 9.82. The molecule has 0 aliphatic heterocycles. The van der Waals surface area contributed by atoms with Gasteiger partial charge in [-0.05, 0) is 43.9 Å². The van der Waals surface area contributed by atoms with Gasteiger partial charge in [0.15, 0.2) is 0 Å². The Kier molecular flexibility index (Phi) is 2.56. The average molecular weight is 180 g/mol. The van der Waals surface area contributed by atoms with Crippen molar-refractivity contribution in [2.45, 2.75) is 52.0 Å². The van der Waals surface area contributed by atoms with Crippen LogP contribution in [0.5, 0.6) is 0 Å². The minimum atomic E-state index is 0.708. The third kappa shape index (κ3) is 2.71. The van der Waals surface area contributed by atoms with Crippen LogP contribution in [0.3, 0.4) is 0 Å². The molecule has 13 heavy (non-hydrogen) atoms. The number of nitrogens with one attached hydrogen (secondary N) is 1. The van der Waals surface area contributed by atoms with Gasteiger partial charge in [0.2, 0.25) is 0 Å². The number of hydrazone groups is 1. The molecule has 0 spiro atoms. The summed E-state index contributed by atoms with van der Waals surface area (Å²) >= 11 is 0. The summed E-state index contributed by atoms with van der Waals surface area (Å²) in [5.41, 5.74) is 4.66. The SMILES string of the molecule is CC1CC(=NNC2CC2)CC(C)C1. The zero-order valence-electron chi connectivity index (χ0n) is 8.71. The molecule has 0 aromatic heterocycles. The highest BCUT2D eigenvalue weighted by molar-refractivity contribution is 5.85. The normalized spacial score (nSPS) is 34.5. The lowest BCUT2D eigenvalue weighted by Crippen LogP contribution is -2.22. The first kappa shape index (κ1) is 9.04. The molecule has 0 amide bonds. The van der Waals surface area contributed by atoms with Gasteiger partial charge < -0.3 is 5.43 Å². The molecule has 2 aliphatic rings. The van der Waals surface area contributed by atoms with Gasteiger partial charge in [0.1, 0.15) is 0 Å². The summed E-state index contributed by atoms with van der Waals surface area (Å²) in [6.07, 6.45) is 6.44. The van der Waals surface area contributed by atoms with E-state index in [2.05, 4.69) is 24.4 Å². The van der Waals surface area contributed by atoms with E-state index >= 15 is 0 Å². The van der Waals surface area contributed by atoms with Crippen LogP contribution in [0.1, 0.15) is 46.0 Å². The van der Waals surface area contributed by atoms with E-state index in [1.807, 2.05) is 0 Å². The summed E-state index contributed by atoms with van der Waals surface area (Å²) in [7, 11) is 0. The maximum absolute atomic E-state index is 4.51. The Labute approximate surface area is 80.8 Å². The fourth-order valence-corrected chi connectivity index (χ4v) is 2.23. The lowest BCUT2D eigenvalue weighted by Gasteiger charge is -2.25. The molecular weight excluding hydrogens is 160 g/mol. The topological polar surface area (TPSA) is 24.4 Å². The Bertz CT molecular complexity index is 194. The van der Waals surface area contributed by atoms with Crippen LogP contribution in [-0.4, -0.2) is 11.8 Å². The molecule has 0 aromatic carbocycles. The van der Waals surface area contributed by atoms with Crippen molar-refractivity contribution in [2.24, 2.45) is 16.9 Å². The standard InChI is InChI=1S/C11H20N2/c1-8-5-9(2)7-11(6-8)13-12-10-3-4-10/h8-10,12H,3-7H2,1-2H3. The second-order valence-electron chi connectivity index (χ2n) is 4.94. The molecule has 0 radical (unpaired) electrons. The van der Waals surface area contributed by atoms with Gasteiger partial charge in [-0.25, -0.2) is 0 Å². The van der Waals surface area contributed by atoms with Gasteiger partial charge in [-0.15, -0.1) is 0 Å². The summed E-state index contributed by atoms with van der Waals surface area (Å²) in [6.45, 7) is 4.67. The Morgan fingerprint density at radius 1 is 1.15 bits per heavy atom. The second kappa shape index (κ2) is 3.69. The van der Waals surface area contributed by atoms with Crippen molar-refractivity contribution in [3.63, 3.8) is 0 Å². The van der Waals surface area contributed by atoms with Gasteiger partial charge in [0.05, 0.1) is 0 Å². The molecule has 0 bridgehead atoms. The van der Waals surface area contributed by atoms with Crippen molar-refractivity contribution in [2.75, 3.05) is 0 Å². The van der Waals surface area contributed by atoms with E-state index in [1.54, 1.807) is 0 Å². The molecule has 0 aromatic rings. The van der Waals surface area contributed by atoms with Crippen LogP contribution in [0, 0.1) is 11.8 Å². The average Bonchev–Trinajstić information content (AvgIpc) is 2.81. The molecular formula is C11H20N2. The van der Waals surface area contributed by atoms with Crippen LogP contribution >= 0.6 is 0 Å². The predicted molar refractivity (Wildman–Crippen MR) is 55.8 cm³/mol. The van der Waals surface area contributed by atoms with Crippen LogP contribution in [0.15, 0.2) is 5.10 Å². The Hall–Kier alpha value is -0.530. The quantitative estimate of drug-likeness (QED) is 0.649. The summed E-state index contributed by atoms with van der Waals surface area (Å²) in [6, 6.07) is 0.708. The van der Waals surface area contributed by atoms with Gasteiger partial charge in [-0.2, -0.15) is 5.10 Å². The van der Waals surface area contributed by atoms with E-state index in [-0.39, 0.29) is 0 Å². The van der Waals surface area contributed by atoms with Crippen LogP contribution < -0.4 is 5.43 Å². The molecule has 2 saturated carbocycles. The summed E-state index contributed by atoms with van der Waals surface area (Å²) in [5, 5.41) is 4.51. The minimum absolute atomic E-state index is 0.708. The fourth-order valence-electron chi connectivity index (χ4n) is 2.23. The van der Waals surface area contributed by atoms with Crippen molar-refractivity contribution in [3.8, 4) is 0 Å².